The molecule has 1 amide bonds. The second-order valence-electron chi connectivity index (χ2n) is 11.3. The van der Waals surface area contributed by atoms with Gasteiger partial charge >= 0.3 is 5.97 Å². The van der Waals surface area contributed by atoms with Crippen molar-refractivity contribution in [2.24, 2.45) is 5.41 Å². The molecule has 2 N–H and O–H groups in total. The minimum Gasteiger partial charge on any atom is -0.458 e. The minimum absolute atomic E-state index is 0.0975. The lowest BCUT2D eigenvalue weighted by atomic mass is 9.62. The predicted octanol–water partition coefficient (Wildman–Crippen LogP) is 3.84. The maximum atomic E-state index is 13.9. The molecule has 1 aliphatic carbocycles. The summed E-state index contributed by atoms with van der Waals surface area (Å²) in [5.41, 5.74) is -0.241. The van der Waals surface area contributed by atoms with Gasteiger partial charge < -0.3 is 24.6 Å². The third-order valence-electron chi connectivity index (χ3n) is 8.65. The fourth-order valence-electron chi connectivity index (χ4n) is 6.80. The quantitative estimate of drug-likeness (QED) is 0.188. The zero-order valence-electron chi connectivity index (χ0n) is 22.9. The van der Waals surface area contributed by atoms with E-state index in [4.69, 9.17) is 19.0 Å². The highest BCUT2D eigenvalue weighted by atomic mass is 127. The Bertz CT molecular complexity index is 1010. The number of hydrogen-bond donors (Lipinski definition) is 2. The van der Waals surface area contributed by atoms with E-state index in [9.17, 15) is 14.7 Å². The molecule has 1 aromatic rings. The van der Waals surface area contributed by atoms with Crippen molar-refractivity contribution in [3.63, 3.8) is 0 Å². The number of carbonyl (C=O) groups excluding carboxylic acids is 2. The highest BCUT2D eigenvalue weighted by molar-refractivity contribution is 14.1. The Morgan fingerprint density at radius 2 is 1.74 bits per heavy atom. The van der Waals surface area contributed by atoms with Crippen LogP contribution in [0.15, 0.2) is 24.3 Å². The normalized spacial score (nSPS) is 32.6. The van der Waals surface area contributed by atoms with Crippen molar-refractivity contribution in [2.75, 3.05) is 13.2 Å². The number of ether oxygens (including phenoxy) is 3. The number of fused-ring (bicyclic) bond motifs is 4. The van der Waals surface area contributed by atoms with Gasteiger partial charge in [-0.15, -0.1) is 0 Å². The molecule has 0 unspecified atom stereocenters. The van der Waals surface area contributed by atoms with Gasteiger partial charge in [0.25, 0.3) is 0 Å². The lowest BCUT2D eigenvalue weighted by Gasteiger charge is -2.48. The Balaban J connectivity index is 1.49. The zero-order chi connectivity index (χ0) is 27.6. The molecule has 9 nitrogen and oxygen atoms in total. The Morgan fingerprint density at radius 1 is 1.08 bits per heavy atom. The molecule has 3 saturated heterocycles. The fourth-order valence-corrected chi connectivity index (χ4v) is 7.16. The molecule has 216 valence electrons. The summed E-state index contributed by atoms with van der Waals surface area (Å²) in [7, 11) is 0. The van der Waals surface area contributed by atoms with Crippen LogP contribution in [0, 0.1) is 8.99 Å². The number of amides is 1. The number of nitrogens with one attached hydrogen (secondary N) is 1. The Labute approximate surface area is 244 Å². The van der Waals surface area contributed by atoms with E-state index in [0.717, 1.165) is 60.5 Å². The van der Waals surface area contributed by atoms with Gasteiger partial charge in [-0.2, -0.15) is 5.06 Å². The molecule has 39 heavy (non-hydrogen) atoms. The summed E-state index contributed by atoms with van der Waals surface area (Å²) in [6, 6.07) is 7.07. The van der Waals surface area contributed by atoms with Crippen LogP contribution >= 0.6 is 22.6 Å². The lowest BCUT2D eigenvalue weighted by Crippen LogP contribution is -2.69. The molecular weight excluding hydrogens is 615 g/mol. The average molecular weight is 657 g/mol. The Morgan fingerprint density at radius 3 is 2.38 bits per heavy atom. The number of halogens is 1. The number of aliphatic hydroxyl groups is 1. The number of carbonyl (C=O) groups is 2. The second kappa shape index (κ2) is 12.3. The number of hydroxylamine groups is 2. The van der Waals surface area contributed by atoms with Crippen molar-refractivity contribution >= 4 is 34.5 Å². The summed E-state index contributed by atoms with van der Waals surface area (Å²) in [5, 5.41) is 13.9. The van der Waals surface area contributed by atoms with Crippen molar-refractivity contribution in [1.82, 2.24) is 10.4 Å². The highest BCUT2D eigenvalue weighted by Gasteiger charge is 2.76. The summed E-state index contributed by atoms with van der Waals surface area (Å²) in [5.74, 6) is -1.57. The number of benzene rings is 1. The van der Waals surface area contributed by atoms with Crippen molar-refractivity contribution in [3.05, 3.63) is 33.4 Å². The number of hydrogen-bond acceptors (Lipinski definition) is 8. The molecule has 3 heterocycles. The highest BCUT2D eigenvalue weighted by Crippen LogP contribution is 2.58. The van der Waals surface area contributed by atoms with Crippen LogP contribution in [0.5, 0.6) is 0 Å². The van der Waals surface area contributed by atoms with Gasteiger partial charge in [0.15, 0.2) is 11.8 Å². The van der Waals surface area contributed by atoms with Gasteiger partial charge in [-0.25, -0.2) is 0 Å². The fraction of sp³-hybridized carbons (Fsp3) is 0.724. The van der Waals surface area contributed by atoms with Crippen molar-refractivity contribution in [1.29, 1.82) is 0 Å². The van der Waals surface area contributed by atoms with E-state index in [-0.39, 0.29) is 19.1 Å². The first-order chi connectivity index (χ1) is 18.9. The summed E-state index contributed by atoms with van der Waals surface area (Å²) in [6.45, 7) is 4.57. The van der Waals surface area contributed by atoms with Gasteiger partial charge in [0.2, 0.25) is 5.91 Å². The third-order valence-corrected chi connectivity index (χ3v) is 9.37. The Hall–Kier alpha value is -1.31. The van der Waals surface area contributed by atoms with Crippen molar-refractivity contribution in [2.45, 2.75) is 114 Å². The van der Waals surface area contributed by atoms with Crippen LogP contribution in [0.2, 0.25) is 0 Å². The number of nitrogens with zero attached hydrogens (tertiary/aromatic N) is 1. The van der Waals surface area contributed by atoms with E-state index in [0.29, 0.717) is 13.0 Å². The topological polar surface area (TPSA) is 107 Å². The minimum atomic E-state index is -1.20. The molecule has 3 aliphatic heterocycles. The van der Waals surface area contributed by atoms with Gasteiger partial charge in [0, 0.05) is 29.4 Å². The molecule has 0 spiro atoms. The van der Waals surface area contributed by atoms with Crippen LogP contribution in [0.1, 0.15) is 77.2 Å². The predicted molar refractivity (Wildman–Crippen MR) is 151 cm³/mol. The first-order valence-corrected chi connectivity index (χ1v) is 15.6. The number of esters is 1. The van der Waals surface area contributed by atoms with E-state index >= 15 is 0 Å². The van der Waals surface area contributed by atoms with Crippen LogP contribution in [-0.4, -0.2) is 71.4 Å². The van der Waals surface area contributed by atoms with Gasteiger partial charge in [-0.3, -0.25) is 14.4 Å². The molecule has 0 radical (unpaired) electrons. The molecule has 1 aromatic carbocycles. The summed E-state index contributed by atoms with van der Waals surface area (Å²) < 4.78 is 20.7. The zero-order valence-corrected chi connectivity index (χ0v) is 25.1. The van der Waals surface area contributed by atoms with E-state index in [1.165, 1.54) is 0 Å². The maximum absolute atomic E-state index is 13.9. The maximum Gasteiger partial charge on any atom is 0.327 e. The standard InChI is InChI=1S/C29H41IN2O7/c1-3-5-7-13-28(14-8-6-4-2)37-22-21-17-29(27(35)31-15-16-33)24(26(34)36-21)32(39-25(29)23(22)38-28)18-19-9-11-20(30)12-10-19/h9-12,21-25,33H,3-8,13-18H2,1-2H3,(H,31,35)/t21-,22+,23+,24-,25-,29-/m1/s1. The van der Waals surface area contributed by atoms with Crippen LogP contribution in [-0.2, 0) is 35.2 Å². The number of rotatable bonds is 13. The molecule has 2 bridgehead atoms. The second-order valence-corrected chi connectivity index (χ2v) is 12.6. The molecule has 4 fully saturated rings. The van der Waals surface area contributed by atoms with E-state index < -0.39 is 47.6 Å². The molecule has 1 saturated carbocycles. The van der Waals surface area contributed by atoms with Gasteiger partial charge in [0.05, 0.1) is 13.2 Å². The largest absolute Gasteiger partial charge is 0.458 e. The molecule has 0 aromatic heterocycles. The van der Waals surface area contributed by atoms with Crippen LogP contribution in [0.25, 0.3) is 0 Å². The van der Waals surface area contributed by atoms with Gasteiger partial charge in [-0.1, -0.05) is 51.7 Å². The first kappa shape index (κ1) is 29.2. The van der Waals surface area contributed by atoms with Crippen molar-refractivity contribution in [3.8, 4) is 0 Å². The Kier molecular flexibility index (Phi) is 9.19. The van der Waals surface area contributed by atoms with Crippen molar-refractivity contribution < 1.29 is 33.7 Å². The number of aliphatic hydroxyl groups excluding tert-OH is 1. The van der Waals surface area contributed by atoms with Gasteiger partial charge in [0.1, 0.15) is 29.8 Å². The summed E-state index contributed by atoms with van der Waals surface area (Å²) in [4.78, 5) is 34.0. The van der Waals surface area contributed by atoms with Crippen LogP contribution in [0.4, 0.5) is 0 Å². The van der Waals surface area contributed by atoms with E-state index in [1.807, 2.05) is 24.3 Å². The molecule has 4 aliphatic rings. The summed E-state index contributed by atoms with van der Waals surface area (Å²) in [6.07, 6.45) is 5.72. The summed E-state index contributed by atoms with van der Waals surface area (Å²) >= 11 is 2.25. The lowest BCUT2D eigenvalue weighted by molar-refractivity contribution is -0.224. The molecule has 5 rings (SSSR count). The monoisotopic (exact) mass is 656 g/mol. The molecule has 6 atom stereocenters. The van der Waals surface area contributed by atoms with Crippen LogP contribution in [0.3, 0.4) is 0 Å². The molecular formula is C29H41IN2O7. The third kappa shape index (κ3) is 5.49. The van der Waals surface area contributed by atoms with E-state index in [1.54, 1.807) is 5.06 Å². The number of unbranched alkanes of at least 4 members (excludes halogenated alkanes) is 4. The van der Waals surface area contributed by atoms with Gasteiger partial charge in [-0.05, 0) is 53.1 Å². The van der Waals surface area contributed by atoms with Crippen LogP contribution < -0.4 is 5.32 Å². The SMILES string of the molecule is CCCCCC1(CCCCC)O[C@@H]2[C@H](O1)[C@H]1ON(Cc3ccc(I)cc3)[C@@H]3C(=O)O[C@@H]2C[C@]13C(=O)NCCO. The smallest absolute Gasteiger partial charge is 0.327 e. The molecule has 10 heteroatoms. The first-order valence-electron chi connectivity index (χ1n) is 14.5. The average Bonchev–Trinajstić information content (AvgIpc) is 3.47. The van der Waals surface area contributed by atoms with E-state index in [2.05, 4.69) is 41.8 Å².